The number of hydrogen-bond donors (Lipinski definition) is 3. The first-order valence-corrected chi connectivity index (χ1v) is 6.46. The van der Waals surface area contributed by atoms with Crippen LogP contribution in [-0.2, 0) is 0 Å². The van der Waals surface area contributed by atoms with E-state index in [0.717, 1.165) is 0 Å². The Kier molecular flexibility index (Phi) is 5.98. The number of benzene rings is 1. The van der Waals surface area contributed by atoms with Gasteiger partial charge in [0.1, 0.15) is 5.75 Å². The van der Waals surface area contributed by atoms with E-state index in [2.05, 4.69) is 5.32 Å². The molecule has 1 aromatic rings. The van der Waals surface area contributed by atoms with Crippen LogP contribution in [0.5, 0.6) is 5.75 Å². The number of carbonyl (C=O) groups is 2. The molecular weight excluding hydrogens is 276 g/mol. The lowest BCUT2D eigenvalue weighted by atomic mass is 10.2. The fourth-order valence-corrected chi connectivity index (χ4v) is 1.63. The predicted molar refractivity (Wildman–Crippen MR) is 77.9 cm³/mol. The zero-order valence-corrected chi connectivity index (χ0v) is 12.3. The molecule has 0 bridgehead atoms. The van der Waals surface area contributed by atoms with E-state index in [0.29, 0.717) is 18.7 Å². The van der Waals surface area contributed by atoms with Crippen LogP contribution in [0, 0.1) is 0 Å². The molecule has 0 aliphatic rings. The highest BCUT2D eigenvalue weighted by Crippen LogP contribution is 2.25. The molecule has 0 aliphatic heterocycles. The lowest BCUT2D eigenvalue weighted by molar-refractivity contribution is 0.0696. The Morgan fingerprint density at radius 3 is 2.62 bits per heavy atom. The Hall–Kier alpha value is -2.28. The molecule has 1 unspecified atom stereocenters. The number of urea groups is 1. The zero-order valence-electron chi connectivity index (χ0n) is 12.3. The van der Waals surface area contributed by atoms with E-state index in [1.807, 2.05) is 0 Å². The summed E-state index contributed by atoms with van der Waals surface area (Å²) in [5, 5.41) is 20.8. The number of aromatic carboxylic acids is 1. The predicted octanol–water partition coefficient (Wildman–Crippen LogP) is 1.63. The van der Waals surface area contributed by atoms with Gasteiger partial charge in [0.25, 0.3) is 0 Å². The summed E-state index contributed by atoms with van der Waals surface area (Å²) < 4.78 is 5.09. The van der Waals surface area contributed by atoms with Gasteiger partial charge in [0.05, 0.1) is 24.5 Å². The number of hydrogen-bond acceptors (Lipinski definition) is 4. The fourth-order valence-electron chi connectivity index (χ4n) is 1.63. The van der Waals surface area contributed by atoms with Gasteiger partial charge in [0, 0.05) is 13.6 Å². The van der Waals surface area contributed by atoms with E-state index in [9.17, 15) is 14.7 Å². The zero-order chi connectivity index (χ0) is 16.0. The van der Waals surface area contributed by atoms with Crippen LogP contribution < -0.4 is 10.1 Å². The number of methoxy groups -OCH3 is 1. The van der Waals surface area contributed by atoms with E-state index in [1.54, 1.807) is 14.0 Å². The van der Waals surface area contributed by atoms with Crippen molar-refractivity contribution in [2.75, 3.05) is 26.0 Å². The van der Waals surface area contributed by atoms with Crippen LogP contribution in [0.4, 0.5) is 10.5 Å². The third-order valence-corrected chi connectivity index (χ3v) is 2.92. The maximum atomic E-state index is 12.0. The van der Waals surface area contributed by atoms with Gasteiger partial charge in [-0.05, 0) is 31.5 Å². The van der Waals surface area contributed by atoms with Crippen molar-refractivity contribution < 1.29 is 24.5 Å². The highest BCUT2D eigenvalue weighted by Gasteiger charge is 2.14. The highest BCUT2D eigenvalue weighted by atomic mass is 16.5. The van der Waals surface area contributed by atoms with Gasteiger partial charge >= 0.3 is 12.0 Å². The molecule has 0 heterocycles. The number of nitrogens with one attached hydrogen (secondary N) is 1. The molecule has 1 atom stereocenters. The monoisotopic (exact) mass is 296 g/mol. The Labute approximate surface area is 123 Å². The number of anilines is 1. The van der Waals surface area contributed by atoms with Crippen molar-refractivity contribution in [2.24, 2.45) is 0 Å². The lowest BCUT2D eigenvalue weighted by Crippen LogP contribution is -2.33. The number of carboxylic acid groups (broad SMARTS) is 1. The SMILES string of the molecule is COc1ccc(C(=O)O)cc1NC(=O)N(C)CCC(C)O. The largest absolute Gasteiger partial charge is 0.495 e. The molecule has 0 saturated heterocycles. The minimum atomic E-state index is -1.09. The number of carbonyl (C=O) groups excluding carboxylic acids is 1. The van der Waals surface area contributed by atoms with Gasteiger partial charge in [-0.1, -0.05) is 0 Å². The van der Waals surface area contributed by atoms with Crippen LogP contribution in [0.25, 0.3) is 0 Å². The van der Waals surface area contributed by atoms with E-state index < -0.39 is 18.1 Å². The molecule has 1 aromatic carbocycles. The second-order valence-electron chi connectivity index (χ2n) is 4.71. The Balaban J connectivity index is 2.82. The van der Waals surface area contributed by atoms with Crippen LogP contribution in [0.3, 0.4) is 0 Å². The number of rotatable bonds is 6. The maximum Gasteiger partial charge on any atom is 0.335 e. The van der Waals surface area contributed by atoms with E-state index in [-0.39, 0.29) is 11.3 Å². The molecule has 116 valence electrons. The Bertz CT molecular complexity index is 516. The Morgan fingerprint density at radius 2 is 2.10 bits per heavy atom. The van der Waals surface area contributed by atoms with Crippen LogP contribution in [0.1, 0.15) is 23.7 Å². The normalized spacial score (nSPS) is 11.6. The minimum absolute atomic E-state index is 0.0535. The summed E-state index contributed by atoms with van der Waals surface area (Å²) in [6.45, 7) is 2.02. The lowest BCUT2D eigenvalue weighted by Gasteiger charge is -2.19. The molecule has 0 aromatic heterocycles. The fraction of sp³-hybridized carbons (Fsp3) is 0.429. The van der Waals surface area contributed by atoms with Gasteiger partial charge in [-0.2, -0.15) is 0 Å². The van der Waals surface area contributed by atoms with Crippen molar-refractivity contribution in [3.63, 3.8) is 0 Å². The van der Waals surface area contributed by atoms with Crippen molar-refractivity contribution in [3.05, 3.63) is 23.8 Å². The number of ether oxygens (including phenoxy) is 1. The maximum absolute atomic E-state index is 12.0. The molecule has 0 aliphatic carbocycles. The Morgan fingerprint density at radius 1 is 1.43 bits per heavy atom. The van der Waals surface area contributed by atoms with Gasteiger partial charge in [0.15, 0.2) is 0 Å². The second-order valence-corrected chi connectivity index (χ2v) is 4.71. The third-order valence-electron chi connectivity index (χ3n) is 2.92. The van der Waals surface area contributed by atoms with E-state index >= 15 is 0 Å². The first kappa shape index (κ1) is 16.8. The summed E-state index contributed by atoms with van der Waals surface area (Å²) in [6.07, 6.45) is -0.0407. The van der Waals surface area contributed by atoms with Crippen molar-refractivity contribution in [1.29, 1.82) is 0 Å². The van der Waals surface area contributed by atoms with Gasteiger partial charge < -0.3 is 25.2 Å². The molecule has 0 radical (unpaired) electrons. The number of carboxylic acids is 1. The van der Waals surface area contributed by atoms with E-state index in [4.69, 9.17) is 9.84 Å². The second kappa shape index (κ2) is 7.49. The van der Waals surface area contributed by atoms with Crippen LogP contribution in [-0.4, -0.2) is 53.9 Å². The van der Waals surface area contributed by atoms with Gasteiger partial charge in [-0.15, -0.1) is 0 Å². The summed E-state index contributed by atoms with van der Waals surface area (Å²) in [4.78, 5) is 24.4. The summed E-state index contributed by atoms with van der Waals surface area (Å²) in [5.74, 6) is -0.715. The number of aliphatic hydroxyl groups excluding tert-OH is 1. The first-order valence-electron chi connectivity index (χ1n) is 6.46. The molecule has 7 nitrogen and oxygen atoms in total. The molecular formula is C14H20N2O5. The smallest absolute Gasteiger partial charge is 0.335 e. The molecule has 0 fully saturated rings. The summed E-state index contributed by atoms with van der Waals surface area (Å²) in [6, 6.07) is 3.81. The van der Waals surface area contributed by atoms with Crippen molar-refractivity contribution >= 4 is 17.7 Å². The van der Waals surface area contributed by atoms with Gasteiger partial charge in [-0.3, -0.25) is 0 Å². The molecule has 21 heavy (non-hydrogen) atoms. The van der Waals surface area contributed by atoms with Crippen LogP contribution in [0.15, 0.2) is 18.2 Å². The summed E-state index contributed by atoms with van der Waals surface area (Å²) >= 11 is 0. The van der Waals surface area contributed by atoms with E-state index in [1.165, 1.54) is 30.2 Å². The molecule has 1 rings (SSSR count). The molecule has 0 spiro atoms. The van der Waals surface area contributed by atoms with Gasteiger partial charge in [-0.25, -0.2) is 9.59 Å². The van der Waals surface area contributed by atoms with Crippen molar-refractivity contribution in [1.82, 2.24) is 4.90 Å². The summed E-state index contributed by atoms with van der Waals surface area (Å²) in [5.41, 5.74) is 0.337. The van der Waals surface area contributed by atoms with Crippen LogP contribution >= 0.6 is 0 Å². The summed E-state index contributed by atoms with van der Waals surface area (Å²) in [7, 11) is 3.02. The highest BCUT2D eigenvalue weighted by molar-refractivity contribution is 5.94. The standard InChI is InChI=1S/C14H20N2O5/c1-9(17)6-7-16(2)14(20)15-11-8-10(13(18)19)4-5-12(11)21-3/h4-5,8-9,17H,6-7H2,1-3H3,(H,15,20)(H,18,19). The quantitative estimate of drug-likeness (QED) is 0.741. The molecule has 0 saturated carbocycles. The number of amides is 2. The third kappa shape index (κ3) is 4.96. The van der Waals surface area contributed by atoms with Crippen LogP contribution in [0.2, 0.25) is 0 Å². The topological polar surface area (TPSA) is 99.1 Å². The first-order chi connectivity index (χ1) is 9.85. The molecule has 2 amide bonds. The number of aliphatic hydroxyl groups is 1. The average molecular weight is 296 g/mol. The molecule has 7 heteroatoms. The van der Waals surface area contributed by atoms with Crippen molar-refractivity contribution in [3.8, 4) is 5.75 Å². The molecule has 3 N–H and O–H groups in total. The number of nitrogens with zero attached hydrogens (tertiary/aromatic N) is 1. The van der Waals surface area contributed by atoms with Gasteiger partial charge in [0.2, 0.25) is 0 Å². The average Bonchev–Trinajstić information content (AvgIpc) is 2.44. The van der Waals surface area contributed by atoms with Crippen molar-refractivity contribution in [2.45, 2.75) is 19.4 Å². The minimum Gasteiger partial charge on any atom is -0.495 e.